The van der Waals surface area contributed by atoms with Gasteiger partial charge in [0.25, 0.3) is 0 Å². The van der Waals surface area contributed by atoms with Crippen LogP contribution in [-0.2, 0) is 0 Å². The highest BCUT2D eigenvalue weighted by Gasteiger charge is 2.16. The third-order valence-corrected chi connectivity index (χ3v) is 2.86. The zero-order chi connectivity index (χ0) is 12.6. The lowest BCUT2D eigenvalue weighted by atomic mass is 10.1. The molecule has 0 aromatic rings. The molecule has 0 fully saturated rings. The molecule has 0 radical (unpaired) electrons. The fourth-order valence-electron chi connectivity index (χ4n) is 1.99. The van der Waals surface area contributed by atoms with Crippen molar-refractivity contribution in [1.82, 2.24) is 15.1 Å². The van der Waals surface area contributed by atoms with Crippen molar-refractivity contribution in [3.8, 4) is 0 Å². The largest absolute Gasteiger partial charge is 0.318 e. The molecule has 0 spiro atoms. The summed E-state index contributed by atoms with van der Waals surface area (Å²) in [4.78, 5) is 4.89. The Kier molecular flexibility index (Phi) is 8.90. The third-order valence-electron chi connectivity index (χ3n) is 2.86. The number of hydrogen-bond acceptors (Lipinski definition) is 3. The maximum atomic E-state index is 3.30. The second-order valence-corrected chi connectivity index (χ2v) is 5.31. The molecule has 0 saturated carbocycles. The second kappa shape index (κ2) is 8.97. The lowest BCUT2D eigenvalue weighted by Gasteiger charge is -2.33. The average Bonchev–Trinajstić information content (AvgIpc) is 2.20. The zero-order valence-corrected chi connectivity index (χ0v) is 12.1. The average molecular weight is 229 g/mol. The highest BCUT2D eigenvalue weighted by atomic mass is 15.2. The number of hydrogen-bond donors (Lipinski definition) is 1. The second-order valence-electron chi connectivity index (χ2n) is 5.31. The van der Waals surface area contributed by atoms with E-state index in [0.717, 1.165) is 19.0 Å². The van der Waals surface area contributed by atoms with Crippen LogP contribution in [0.15, 0.2) is 0 Å². The first kappa shape index (κ1) is 15.9. The predicted octanol–water partition coefficient (Wildman–Crippen LogP) is 1.50. The van der Waals surface area contributed by atoms with Gasteiger partial charge in [-0.1, -0.05) is 20.8 Å². The van der Waals surface area contributed by atoms with E-state index in [1.807, 2.05) is 7.05 Å². The van der Waals surface area contributed by atoms with E-state index >= 15 is 0 Å². The van der Waals surface area contributed by atoms with E-state index in [4.69, 9.17) is 0 Å². The van der Waals surface area contributed by atoms with Crippen molar-refractivity contribution in [2.75, 3.05) is 47.3 Å². The van der Waals surface area contributed by atoms with Gasteiger partial charge in [-0.25, -0.2) is 0 Å². The summed E-state index contributed by atoms with van der Waals surface area (Å²) < 4.78 is 0. The van der Waals surface area contributed by atoms with E-state index in [1.54, 1.807) is 0 Å². The standard InChI is InChI=1S/C13H31N3/c1-7-13(10-14-4)16(11-12(2)3)9-8-15(5)6/h12-14H,7-11H2,1-6H3. The Balaban J connectivity index is 4.25. The fraction of sp³-hybridized carbons (Fsp3) is 1.00. The normalized spacial score (nSPS) is 14.1. The molecule has 3 heteroatoms. The summed E-state index contributed by atoms with van der Waals surface area (Å²) in [6, 6.07) is 0.673. The Morgan fingerprint density at radius 2 is 1.75 bits per heavy atom. The van der Waals surface area contributed by atoms with Crippen molar-refractivity contribution in [3.63, 3.8) is 0 Å². The van der Waals surface area contributed by atoms with Crippen LogP contribution < -0.4 is 5.32 Å². The Bertz CT molecular complexity index is 157. The Morgan fingerprint density at radius 1 is 1.12 bits per heavy atom. The molecule has 1 N–H and O–H groups in total. The van der Waals surface area contributed by atoms with E-state index in [1.165, 1.54) is 19.5 Å². The molecule has 0 amide bonds. The van der Waals surface area contributed by atoms with E-state index in [-0.39, 0.29) is 0 Å². The summed E-state index contributed by atoms with van der Waals surface area (Å²) in [5.41, 5.74) is 0. The van der Waals surface area contributed by atoms with Gasteiger partial charge in [0.05, 0.1) is 0 Å². The smallest absolute Gasteiger partial charge is 0.0218 e. The van der Waals surface area contributed by atoms with E-state index in [9.17, 15) is 0 Å². The Morgan fingerprint density at radius 3 is 2.12 bits per heavy atom. The molecule has 0 saturated heterocycles. The van der Waals surface area contributed by atoms with Crippen molar-refractivity contribution in [2.45, 2.75) is 33.2 Å². The molecule has 0 aromatic heterocycles. The highest BCUT2D eigenvalue weighted by Crippen LogP contribution is 2.07. The van der Waals surface area contributed by atoms with Crippen LogP contribution in [0.3, 0.4) is 0 Å². The minimum atomic E-state index is 0.673. The molecular formula is C13H31N3. The van der Waals surface area contributed by atoms with Crippen LogP contribution in [0.1, 0.15) is 27.2 Å². The van der Waals surface area contributed by atoms with Crippen LogP contribution in [0.5, 0.6) is 0 Å². The van der Waals surface area contributed by atoms with Crippen molar-refractivity contribution >= 4 is 0 Å². The summed E-state index contributed by atoms with van der Waals surface area (Å²) in [6.07, 6.45) is 1.22. The van der Waals surface area contributed by atoms with Gasteiger partial charge in [0.2, 0.25) is 0 Å². The molecule has 0 rings (SSSR count). The predicted molar refractivity (Wildman–Crippen MR) is 73.0 cm³/mol. The monoisotopic (exact) mass is 229 g/mol. The highest BCUT2D eigenvalue weighted by molar-refractivity contribution is 4.74. The molecule has 98 valence electrons. The number of rotatable bonds is 9. The van der Waals surface area contributed by atoms with Crippen LogP contribution in [-0.4, -0.2) is 63.2 Å². The molecule has 1 unspecified atom stereocenters. The van der Waals surface area contributed by atoms with Crippen molar-refractivity contribution in [1.29, 1.82) is 0 Å². The van der Waals surface area contributed by atoms with Crippen molar-refractivity contribution in [2.24, 2.45) is 5.92 Å². The van der Waals surface area contributed by atoms with E-state index in [0.29, 0.717) is 6.04 Å². The SMILES string of the molecule is CCC(CNC)N(CCN(C)C)CC(C)C. The van der Waals surface area contributed by atoms with Gasteiger partial charge < -0.3 is 10.2 Å². The third kappa shape index (κ3) is 7.20. The fourth-order valence-corrected chi connectivity index (χ4v) is 1.99. The first-order valence-electron chi connectivity index (χ1n) is 6.54. The summed E-state index contributed by atoms with van der Waals surface area (Å²) in [6.45, 7) is 11.5. The van der Waals surface area contributed by atoms with Crippen LogP contribution >= 0.6 is 0 Å². The Hall–Kier alpha value is -0.120. The van der Waals surface area contributed by atoms with Gasteiger partial charge in [0.1, 0.15) is 0 Å². The minimum absolute atomic E-state index is 0.673. The first-order valence-corrected chi connectivity index (χ1v) is 6.54. The van der Waals surface area contributed by atoms with Gasteiger partial charge in [-0.3, -0.25) is 4.90 Å². The molecule has 16 heavy (non-hydrogen) atoms. The molecule has 1 atom stereocenters. The van der Waals surface area contributed by atoms with Gasteiger partial charge >= 0.3 is 0 Å². The number of likely N-dealkylation sites (N-methyl/N-ethyl adjacent to an activating group) is 2. The molecule has 0 aliphatic carbocycles. The van der Waals surface area contributed by atoms with Crippen LogP contribution in [0.2, 0.25) is 0 Å². The maximum absolute atomic E-state index is 3.30. The van der Waals surface area contributed by atoms with Gasteiger partial charge in [-0.2, -0.15) is 0 Å². The molecule has 0 aromatic carbocycles. The topological polar surface area (TPSA) is 18.5 Å². The van der Waals surface area contributed by atoms with Crippen LogP contribution in [0.25, 0.3) is 0 Å². The quantitative estimate of drug-likeness (QED) is 0.646. The number of nitrogens with zero attached hydrogens (tertiary/aromatic N) is 2. The minimum Gasteiger partial charge on any atom is -0.318 e. The van der Waals surface area contributed by atoms with Gasteiger partial charge in [-0.05, 0) is 33.5 Å². The summed E-state index contributed by atoms with van der Waals surface area (Å²) >= 11 is 0. The zero-order valence-electron chi connectivity index (χ0n) is 12.1. The lowest BCUT2D eigenvalue weighted by Crippen LogP contribution is -2.45. The Labute approximate surface area is 102 Å². The van der Waals surface area contributed by atoms with Crippen molar-refractivity contribution < 1.29 is 0 Å². The molecule has 0 bridgehead atoms. The molecule has 0 aliphatic rings. The van der Waals surface area contributed by atoms with E-state index < -0.39 is 0 Å². The molecular weight excluding hydrogens is 198 g/mol. The lowest BCUT2D eigenvalue weighted by molar-refractivity contribution is 0.154. The first-order chi connectivity index (χ1) is 7.51. The molecule has 0 heterocycles. The summed E-state index contributed by atoms with van der Waals surface area (Å²) in [5.74, 6) is 0.744. The van der Waals surface area contributed by atoms with Gasteiger partial charge in [0, 0.05) is 32.2 Å². The summed E-state index contributed by atoms with van der Waals surface area (Å²) in [7, 11) is 6.33. The van der Waals surface area contributed by atoms with Crippen LogP contribution in [0, 0.1) is 5.92 Å². The molecule has 3 nitrogen and oxygen atoms in total. The van der Waals surface area contributed by atoms with Crippen LogP contribution in [0.4, 0.5) is 0 Å². The molecule has 0 aliphatic heterocycles. The van der Waals surface area contributed by atoms with E-state index in [2.05, 4.69) is 50.0 Å². The van der Waals surface area contributed by atoms with Gasteiger partial charge in [-0.15, -0.1) is 0 Å². The maximum Gasteiger partial charge on any atom is 0.0218 e. The summed E-state index contributed by atoms with van der Waals surface area (Å²) in [5, 5.41) is 3.30. The number of nitrogens with one attached hydrogen (secondary N) is 1. The van der Waals surface area contributed by atoms with Gasteiger partial charge in [0.15, 0.2) is 0 Å². The van der Waals surface area contributed by atoms with Crippen molar-refractivity contribution in [3.05, 3.63) is 0 Å².